The molecule has 1 amide bonds. The van der Waals surface area contributed by atoms with Gasteiger partial charge < -0.3 is 14.7 Å². The molecule has 0 aliphatic heterocycles. The van der Waals surface area contributed by atoms with Crippen molar-refractivity contribution in [1.29, 1.82) is 0 Å². The number of ether oxygens (including phenoxy) is 1. The number of carbonyl (C=O) groups is 2. The van der Waals surface area contributed by atoms with Gasteiger partial charge >= 0.3 is 5.97 Å². The first-order valence-electron chi connectivity index (χ1n) is 7.12. The minimum absolute atomic E-state index is 0.0736. The molecule has 1 rings (SSSR count). The predicted octanol–water partition coefficient (Wildman–Crippen LogP) is 1.93. The van der Waals surface area contributed by atoms with E-state index < -0.39 is 17.8 Å². The van der Waals surface area contributed by atoms with Crippen LogP contribution in [0, 0.1) is 11.8 Å². The molecule has 1 fully saturated rings. The van der Waals surface area contributed by atoms with Crippen molar-refractivity contribution in [2.75, 3.05) is 20.7 Å². The zero-order chi connectivity index (χ0) is 15.1. The number of methoxy groups -OCH3 is 1. The van der Waals surface area contributed by atoms with Gasteiger partial charge in [0.15, 0.2) is 0 Å². The van der Waals surface area contributed by atoms with Crippen LogP contribution < -0.4 is 0 Å². The van der Waals surface area contributed by atoms with Crippen LogP contribution in [0.15, 0.2) is 12.7 Å². The van der Waals surface area contributed by atoms with Gasteiger partial charge in [0.2, 0.25) is 5.91 Å². The minimum Gasteiger partial charge on any atom is -0.481 e. The third-order valence-electron chi connectivity index (χ3n) is 4.02. The van der Waals surface area contributed by atoms with E-state index in [1.165, 1.54) is 0 Å². The first-order valence-corrected chi connectivity index (χ1v) is 7.12. The molecule has 0 radical (unpaired) electrons. The highest BCUT2D eigenvalue weighted by molar-refractivity contribution is 5.85. The molecule has 1 N–H and O–H groups in total. The van der Waals surface area contributed by atoms with Crippen LogP contribution >= 0.6 is 0 Å². The summed E-state index contributed by atoms with van der Waals surface area (Å²) in [7, 11) is 3.31. The van der Waals surface area contributed by atoms with Crippen molar-refractivity contribution in [2.24, 2.45) is 11.8 Å². The monoisotopic (exact) mass is 283 g/mol. The number of carbonyl (C=O) groups excluding carboxylic acids is 1. The molecule has 3 atom stereocenters. The Morgan fingerprint density at radius 3 is 2.55 bits per heavy atom. The molecule has 1 aliphatic rings. The van der Waals surface area contributed by atoms with E-state index in [0.717, 1.165) is 19.3 Å². The zero-order valence-electron chi connectivity index (χ0n) is 12.4. The maximum atomic E-state index is 12.4. The van der Waals surface area contributed by atoms with Crippen LogP contribution in [0.4, 0.5) is 0 Å². The summed E-state index contributed by atoms with van der Waals surface area (Å²) in [5.41, 5.74) is 0. The third kappa shape index (κ3) is 4.34. The standard InChI is InChI=1S/C15H25NO4/c1-4-5-6-7-8-16(2)14(17)12-9-11(20-3)10-13(12)15(18)19/h4,11-13H,1,5-10H2,2-3H3,(H,18,19)/t11-,12-,13-/m1/s1. The normalized spacial score (nSPS) is 25.4. The molecule has 0 spiro atoms. The number of aliphatic carboxylic acids is 1. The van der Waals surface area contributed by atoms with E-state index in [1.54, 1.807) is 19.1 Å². The van der Waals surface area contributed by atoms with Crippen LogP contribution in [0.2, 0.25) is 0 Å². The number of carboxylic acids is 1. The smallest absolute Gasteiger partial charge is 0.307 e. The number of rotatable bonds is 8. The van der Waals surface area contributed by atoms with E-state index in [-0.39, 0.29) is 12.0 Å². The second-order valence-corrected chi connectivity index (χ2v) is 5.42. The molecule has 5 nitrogen and oxygen atoms in total. The summed E-state index contributed by atoms with van der Waals surface area (Å²) >= 11 is 0. The Morgan fingerprint density at radius 1 is 1.35 bits per heavy atom. The number of unbranched alkanes of at least 4 members (excludes halogenated alkanes) is 2. The summed E-state index contributed by atoms with van der Waals surface area (Å²) in [5.74, 6) is -2.05. The van der Waals surface area contributed by atoms with Gasteiger partial charge in [-0.3, -0.25) is 9.59 Å². The molecule has 0 aromatic rings. The molecule has 20 heavy (non-hydrogen) atoms. The molecule has 0 aromatic carbocycles. The Labute approximate surface area is 120 Å². The van der Waals surface area contributed by atoms with Crippen LogP contribution in [0.1, 0.15) is 32.1 Å². The van der Waals surface area contributed by atoms with Gasteiger partial charge in [0.05, 0.1) is 17.9 Å². The van der Waals surface area contributed by atoms with E-state index >= 15 is 0 Å². The maximum Gasteiger partial charge on any atom is 0.307 e. The van der Waals surface area contributed by atoms with E-state index in [0.29, 0.717) is 19.4 Å². The average molecular weight is 283 g/mol. The van der Waals surface area contributed by atoms with Crippen molar-refractivity contribution in [1.82, 2.24) is 4.90 Å². The van der Waals surface area contributed by atoms with Crippen LogP contribution in [0.5, 0.6) is 0 Å². The molecule has 1 aliphatic carbocycles. The maximum absolute atomic E-state index is 12.4. The van der Waals surface area contributed by atoms with Gasteiger partial charge in [-0.25, -0.2) is 0 Å². The number of allylic oxidation sites excluding steroid dienone is 1. The Morgan fingerprint density at radius 2 is 2.00 bits per heavy atom. The van der Waals surface area contributed by atoms with Gasteiger partial charge in [-0.2, -0.15) is 0 Å². The topological polar surface area (TPSA) is 66.8 Å². The number of hydrogen-bond donors (Lipinski definition) is 1. The van der Waals surface area contributed by atoms with Gasteiger partial charge in [0.1, 0.15) is 0 Å². The quantitative estimate of drug-likeness (QED) is 0.546. The van der Waals surface area contributed by atoms with Gasteiger partial charge in [-0.05, 0) is 32.1 Å². The molecule has 0 unspecified atom stereocenters. The molecule has 114 valence electrons. The summed E-state index contributed by atoms with van der Waals surface area (Å²) in [6.45, 7) is 4.32. The van der Waals surface area contributed by atoms with Crippen LogP contribution in [0.25, 0.3) is 0 Å². The van der Waals surface area contributed by atoms with Crippen molar-refractivity contribution in [2.45, 2.75) is 38.2 Å². The lowest BCUT2D eigenvalue weighted by Gasteiger charge is -2.23. The molecule has 5 heteroatoms. The molecule has 0 saturated heterocycles. The Bertz CT molecular complexity index is 356. The molecule has 0 heterocycles. The molecular weight excluding hydrogens is 258 g/mol. The summed E-state index contributed by atoms with van der Waals surface area (Å²) in [4.78, 5) is 25.3. The lowest BCUT2D eigenvalue weighted by Crippen LogP contribution is -2.37. The van der Waals surface area contributed by atoms with Crippen molar-refractivity contribution < 1.29 is 19.4 Å². The van der Waals surface area contributed by atoms with Crippen molar-refractivity contribution in [3.63, 3.8) is 0 Å². The van der Waals surface area contributed by atoms with Crippen molar-refractivity contribution in [3.05, 3.63) is 12.7 Å². The van der Waals surface area contributed by atoms with E-state index in [9.17, 15) is 14.7 Å². The lowest BCUT2D eigenvalue weighted by atomic mass is 9.95. The van der Waals surface area contributed by atoms with E-state index in [2.05, 4.69) is 6.58 Å². The summed E-state index contributed by atoms with van der Waals surface area (Å²) in [5, 5.41) is 9.24. The Hall–Kier alpha value is -1.36. The zero-order valence-corrected chi connectivity index (χ0v) is 12.4. The number of carboxylic acid groups (broad SMARTS) is 1. The highest BCUT2D eigenvalue weighted by Gasteiger charge is 2.43. The van der Waals surface area contributed by atoms with Crippen LogP contribution in [-0.4, -0.2) is 48.7 Å². The van der Waals surface area contributed by atoms with Crippen molar-refractivity contribution >= 4 is 11.9 Å². The van der Waals surface area contributed by atoms with Gasteiger partial charge in [0.25, 0.3) is 0 Å². The Kier molecular flexibility index (Phi) is 6.71. The Balaban J connectivity index is 2.55. The number of nitrogens with zero attached hydrogens (tertiary/aromatic N) is 1. The largest absolute Gasteiger partial charge is 0.481 e. The molecule has 0 aromatic heterocycles. The van der Waals surface area contributed by atoms with Gasteiger partial charge in [-0.15, -0.1) is 6.58 Å². The fourth-order valence-electron chi connectivity index (χ4n) is 2.76. The highest BCUT2D eigenvalue weighted by Crippen LogP contribution is 2.35. The second kappa shape index (κ2) is 8.04. The minimum atomic E-state index is -0.900. The summed E-state index contributed by atoms with van der Waals surface area (Å²) in [6, 6.07) is 0. The fourth-order valence-corrected chi connectivity index (χ4v) is 2.76. The summed E-state index contributed by atoms with van der Waals surface area (Å²) < 4.78 is 5.22. The van der Waals surface area contributed by atoms with Gasteiger partial charge in [0, 0.05) is 20.7 Å². The van der Waals surface area contributed by atoms with Crippen molar-refractivity contribution in [3.8, 4) is 0 Å². The molecule has 1 saturated carbocycles. The highest BCUT2D eigenvalue weighted by atomic mass is 16.5. The predicted molar refractivity (Wildman–Crippen MR) is 76.3 cm³/mol. The first-order chi connectivity index (χ1) is 9.51. The SMILES string of the molecule is C=CCCCCN(C)C(=O)[C@@H]1C[C@@H](OC)C[C@H]1C(=O)O. The van der Waals surface area contributed by atoms with E-state index in [4.69, 9.17) is 4.74 Å². The third-order valence-corrected chi connectivity index (χ3v) is 4.02. The molecular formula is C15H25NO4. The number of hydrogen-bond acceptors (Lipinski definition) is 3. The number of amides is 1. The van der Waals surface area contributed by atoms with Crippen LogP contribution in [-0.2, 0) is 14.3 Å². The first kappa shape index (κ1) is 16.7. The average Bonchev–Trinajstić information content (AvgIpc) is 2.87. The lowest BCUT2D eigenvalue weighted by molar-refractivity contribution is -0.148. The fraction of sp³-hybridized carbons (Fsp3) is 0.733. The van der Waals surface area contributed by atoms with Crippen LogP contribution in [0.3, 0.4) is 0 Å². The van der Waals surface area contributed by atoms with Gasteiger partial charge in [-0.1, -0.05) is 6.08 Å². The summed E-state index contributed by atoms with van der Waals surface area (Å²) in [6.07, 6.45) is 5.51. The second-order valence-electron chi connectivity index (χ2n) is 5.42. The van der Waals surface area contributed by atoms with E-state index in [1.807, 2.05) is 6.08 Å². The molecule has 0 bridgehead atoms.